The molecule has 2 N–H and O–H groups in total. The number of H-pyrrole nitrogens is 1. The highest BCUT2D eigenvalue weighted by atomic mass is 35.5. The van der Waals surface area contributed by atoms with Gasteiger partial charge in [-0.1, -0.05) is 35.5 Å². The zero-order chi connectivity index (χ0) is 18.5. The molecular weight excluding hydrogens is 372 g/mol. The van der Waals surface area contributed by atoms with Gasteiger partial charge in [-0.3, -0.25) is 9.89 Å². The van der Waals surface area contributed by atoms with E-state index in [0.29, 0.717) is 27.4 Å². The Balaban J connectivity index is 1.65. The summed E-state index contributed by atoms with van der Waals surface area (Å²) in [6.07, 6.45) is 0. The third kappa shape index (κ3) is 4.36. The molecule has 0 fully saturated rings. The topological polar surface area (TPSA) is 79.9 Å². The second-order valence-corrected chi connectivity index (χ2v) is 7.17. The molecule has 134 valence electrons. The van der Waals surface area contributed by atoms with E-state index in [4.69, 9.17) is 16.3 Å². The Bertz CT molecular complexity index is 898. The first kappa shape index (κ1) is 18.3. The van der Waals surface area contributed by atoms with Gasteiger partial charge in [-0.05, 0) is 43.3 Å². The lowest BCUT2D eigenvalue weighted by molar-refractivity contribution is -0.115. The van der Waals surface area contributed by atoms with E-state index >= 15 is 0 Å². The molecule has 3 rings (SSSR count). The maximum atomic E-state index is 12.4. The highest BCUT2D eigenvalue weighted by molar-refractivity contribution is 8.00. The first-order chi connectivity index (χ1) is 12.6. The minimum absolute atomic E-state index is 0.155. The van der Waals surface area contributed by atoms with Crippen LogP contribution in [0.4, 0.5) is 5.69 Å². The molecule has 1 atom stereocenters. The number of nitrogens with one attached hydrogen (secondary N) is 2. The first-order valence-corrected chi connectivity index (χ1v) is 9.11. The van der Waals surface area contributed by atoms with Gasteiger partial charge in [0.2, 0.25) is 11.1 Å². The standard InChI is InChI=1S/C18H17ClN4O2S/c1-11(17(24)20-14-5-3-4-6-15(14)25-2)26-18-21-16(22-23-18)12-7-9-13(19)10-8-12/h3-11H,1-2H3,(H,20,24)(H,21,22,23). The van der Waals surface area contributed by atoms with Crippen molar-refractivity contribution in [2.24, 2.45) is 0 Å². The maximum absolute atomic E-state index is 12.4. The van der Waals surface area contributed by atoms with Crippen LogP contribution in [-0.4, -0.2) is 33.4 Å². The molecule has 2 aromatic carbocycles. The Morgan fingerprint density at radius 3 is 2.69 bits per heavy atom. The average Bonchev–Trinajstić information content (AvgIpc) is 3.11. The van der Waals surface area contributed by atoms with Crippen LogP contribution in [0, 0.1) is 0 Å². The molecule has 1 heterocycles. The van der Waals surface area contributed by atoms with E-state index in [-0.39, 0.29) is 11.2 Å². The summed E-state index contributed by atoms with van der Waals surface area (Å²) < 4.78 is 5.24. The van der Waals surface area contributed by atoms with Crippen molar-refractivity contribution in [3.63, 3.8) is 0 Å². The van der Waals surface area contributed by atoms with Gasteiger partial charge in [-0.25, -0.2) is 4.98 Å². The largest absolute Gasteiger partial charge is 0.495 e. The Hall–Kier alpha value is -2.51. The fourth-order valence-electron chi connectivity index (χ4n) is 2.23. The lowest BCUT2D eigenvalue weighted by atomic mass is 10.2. The quantitative estimate of drug-likeness (QED) is 0.617. The molecule has 0 spiro atoms. The number of hydrogen-bond acceptors (Lipinski definition) is 5. The number of halogens is 1. The number of rotatable bonds is 6. The van der Waals surface area contributed by atoms with Crippen LogP contribution in [0.25, 0.3) is 11.4 Å². The van der Waals surface area contributed by atoms with Gasteiger partial charge < -0.3 is 10.1 Å². The number of thioether (sulfide) groups is 1. The summed E-state index contributed by atoms with van der Waals surface area (Å²) in [4.78, 5) is 16.9. The number of para-hydroxylation sites is 2. The Morgan fingerprint density at radius 2 is 1.96 bits per heavy atom. The van der Waals surface area contributed by atoms with Crippen molar-refractivity contribution in [3.05, 3.63) is 53.6 Å². The second-order valence-electron chi connectivity index (χ2n) is 5.42. The van der Waals surface area contributed by atoms with E-state index in [1.54, 1.807) is 38.3 Å². The number of nitrogens with zero attached hydrogens (tertiary/aromatic N) is 2. The number of anilines is 1. The van der Waals surface area contributed by atoms with E-state index in [1.807, 2.05) is 24.3 Å². The number of aromatic amines is 1. The van der Waals surface area contributed by atoms with Gasteiger partial charge in [0.05, 0.1) is 18.0 Å². The second kappa shape index (κ2) is 8.25. The molecule has 1 aromatic heterocycles. The highest BCUT2D eigenvalue weighted by Crippen LogP contribution is 2.27. The molecule has 26 heavy (non-hydrogen) atoms. The summed E-state index contributed by atoms with van der Waals surface area (Å²) >= 11 is 7.16. The monoisotopic (exact) mass is 388 g/mol. The zero-order valence-corrected chi connectivity index (χ0v) is 15.8. The van der Waals surface area contributed by atoms with Crippen LogP contribution >= 0.6 is 23.4 Å². The molecule has 1 unspecified atom stereocenters. The van der Waals surface area contributed by atoms with Crippen molar-refractivity contribution < 1.29 is 9.53 Å². The van der Waals surface area contributed by atoms with E-state index < -0.39 is 0 Å². The maximum Gasteiger partial charge on any atom is 0.237 e. The smallest absolute Gasteiger partial charge is 0.237 e. The molecule has 0 aliphatic carbocycles. The predicted molar refractivity (Wildman–Crippen MR) is 104 cm³/mol. The summed E-state index contributed by atoms with van der Waals surface area (Å²) in [5.41, 5.74) is 1.50. The van der Waals surface area contributed by atoms with E-state index in [9.17, 15) is 4.79 Å². The SMILES string of the molecule is COc1ccccc1NC(=O)C(C)Sc1n[nH]c(-c2ccc(Cl)cc2)n1. The number of hydrogen-bond donors (Lipinski definition) is 2. The van der Waals surface area contributed by atoms with Gasteiger partial charge in [0.25, 0.3) is 0 Å². The number of carbonyl (C=O) groups excluding carboxylic acids is 1. The average molecular weight is 389 g/mol. The number of carbonyl (C=O) groups is 1. The molecule has 8 heteroatoms. The highest BCUT2D eigenvalue weighted by Gasteiger charge is 2.18. The summed E-state index contributed by atoms with van der Waals surface area (Å²) in [7, 11) is 1.56. The number of aromatic nitrogens is 3. The van der Waals surface area contributed by atoms with Crippen LogP contribution in [0.15, 0.2) is 53.7 Å². The Kier molecular flexibility index (Phi) is 5.80. The molecule has 0 aliphatic heterocycles. The third-order valence-electron chi connectivity index (χ3n) is 3.60. The predicted octanol–water partition coefficient (Wildman–Crippen LogP) is 4.25. The lowest BCUT2D eigenvalue weighted by Gasteiger charge is -2.12. The zero-order valence-electron chi connectivity index (χ0n) is 14.2. The molecule has 6 nitrogen and oxygen atoms in total. The van der Waals surface area contributed by atoms with Gasteiger partial charge >= 0.3 is 0 Å². The minimum atomic E-state index is -0.381. The fraction of sp³-hybridized carbons (Fsp3) is 0.167. The molecule has 3 aromatic rings. The van der Waals surface area contributed by atoms with E-state index in [0.717, 1.165) is 5.56 Å². The summed E-state index contributed by atoms with van der Waals surface area (Å²) in [6.45, 7) is 1.80. The molecule has 0 aliphatic rings. The molecular formula is C18H17ClN4O2S. The van der Waals surface area contributed by atoms with Crippen molar-refractivity contribution in [2.45, 2.75) is 17.3 Å². The van der Waals surface area contributed by atoms with Crippen molar-refractivity contribution >= 4 is 35.0 Å². The van der Waals surface area contributed by atoms with Crippen LogP contribution in [-0.2, 0) is 4.79 Å². The summed E-state index contributed by atoms with van der Waals surface area (Å²) in [6, 6.07) is 14.6. The Labute approximate surface area is 160 Å². The lowest BCUT2D eigenvalue weighted by Crippen LogP contribution is -2.22. The minimum Gasteiger partial charge on any atom is -0.495 e. The molecule has 1 amide bonds. The summed E-state index contributed by atoms with van der Waals surface area (Å²) in [5, 5.41) is 10.7. The van der Waals surface area contributed by atoms with Crippen LogP contribution in [0.3, 0.4) is 0 Å². The van der Waals surface area contributed by atoms with Crippen molar-refractivity contribution in [1.82, 2.24) is 15.2 Å². The normalized spacial score (nSPS) is 11.8. The van der Waals surface area contributed by atoms with Gasteiger partial charge in [0, 0.05) is 10.6 Å². The van der Waals surface area contributed by atoms with Gasteiger partial charge in [-0.2, -0.15) is 0 Å². The van der Waals surface area contributed by atoms with Crippen LogP contribution in [0.2, 0.25) is 5.02 Å². The summed E-state index contributed by atoms with van der Waals surface area (Å²) in [5.74, 6) is 1.08. The van der Waals surface area contributed by atoms with Gasteiger partial charge in [0.15, 0.2) is 5.82 Å². The van der Waals surface area contributed by atoms with Crippen LogP contribution in [0.1, 0.15) is 6.92 Å². The van der Waals surface area contributed by atoms with Gasteiger partial charge in [0.1, 0.15) is 5.75 Å². The van der Waals surface area contributed by atoms with Crippen molar-refractivity contribution in [3.8, 4) is 17.1 Å². The van der Waals surface area contributed by atoms with E-state index in [2.05, 4.69) is 20.5 Å². The third-order valence-corrected chi connectivity index (χ3v) is 4.81. The number of methoxy groups -OCH3 is 1. The molecule has 0 bridgehead atoms. The van der Waals surface area contributed by atoms with Crippen LogP contribution < -0.4 is 10.1 Å². The molecule has 0 saturated heterocycles. The van der Waals surface area contributed by atoms with Crippen molar-refractivity contribution in [1.29, 1.82) is 0 Å². The first-order valence-electron chi connectivity index (χ1n) is 7.85. The number of benzene rings is 2. The molecule has 0 saturated carbocycles. The Morgan fingerprint density at radius 1 is 1.23 bits per heavy atom. The van der Waals surface area contributed by atoms with Crippen molar-refractivity contribution in [2.75, 3.05) is 12.4 Å². The molecule has 0 radical (unpaired) electrons. The fourth-order valence-corrected chi connectivity index (χ4v) is 3.08. The number of amides is 1. The number of ether oxygens (including phenoxy) is 1. The van der Waals surface area contributed by atoms with Gasteiger partial charge in [-0.15, -0.1) is 5.10 Å². The van der Waals surface area contributed by atoms with E-state index in [1.165, 1.54) is 11.8 Å². The van der Waals surface area contributed by atoms with Crippen LogP contribution in [0.5, 0.6) is 5.75 Å².